The maximum atomic E-state index is 13.8. The lowest BCUT2D eigenvalue weighted by atomic mass is 9.68. The highest BCUT2D eigenvalue weighted by atomic mass is 19.4. The fraction of sp³-hybridized carbons (Fsp3) is 0.625. The summed E-state index contributed by atoms with van der Waals surface area (Å²) >= 11 is 0. The van der Waals surface area contributed by atoms with Crippen LogP contribution in [-0.2, 0) is 6.18 Å². The van der Waals surface area contributed by atoms with Crippen LogP contribution in [0.2, 0.25) is 0 Å². The van der Waals surface area contributed by atoms with Crippen molar-refractivity contribution in [2.45, 2.75) is 51.2 Å². The SMILES string of the molecule is CNC(c1ccc(C(F)(F)F)c(F)c1)C1(C)CCCCC1. The lowest BCUT2D eigenvalue weighted by Crippen LogP contribution is -2.36. The average molecular weight is 303 g/mol. The summed E-state index contributed by atoms with van der Waals surface area (Å²) in [5, 5.41) is 3.17. The number of hydrogen-bond donors (Lipinski definition) is 1. The minimum absolute atomic E-state index is 0.0425. The van der Waals surface area contributed by atoms with Crippen molar-refractivity contribution in [1.82, 2.24) is 5.32 Å². The summed E-state index contributed by atoms with van der Waals surface area (Å²) in [6.45, 7) is 2.13. The van der Waals surface area contributed by atoms with E-state index >= 15 is 0 Å². The van der Waals surface area contributed by atoms with Crippen LogP contribution in [0.1, 0.15) is 56.2 Å². The van der Waals surface area contributed by atoms with E-state index in [1.807, 2.05) is 0 Å². The van der Waals surface area contributed by atoms with Gasteiger partial charge in [-0.1, -0.05) is 32.3 Å². The highest BCUT2D eigenvalue weighted by Crippen LogP contribution is 2.46. The molecular formula is C16H21F4N. The number of alkyl halides is 3. The maximum absolute atomic E-state index is 13.8. The second-order valence-electron chi connectivity index (χ2n) is 6.17. The number of nitrogens with one attached hydrogen (secondary N) is 1. The quantitative estimate of drug-likeness (QED) is 0.768. The van der Waals surface area contributed by atoms with Gasteiger partial charge in [0, 0.05) is 6.04 Å². The summed E-state index contributed by atoms with van der Waals surface area (Å²) in [6, 6.07) is 3.15. The fourth-order valence-electron chi connectivity index (χ4n) is 3.51. The Morgan fingerprint density at radius 3 is 2.24 bits per heavy atom. The van der Waals surface area contributed by atoms with E-state index < -0.39 is 17.6 Å². The number of benzene rings is 1. The van der Waals surface area contributed by atoms with Crippen LogP contribution in [0, 0.1) is 11.2 Å². The molecule has 0 saturated heterocycles. The van der Waals surface area contributed by atoms with Gasteiger partial charge in [-0.3, -0.25) is 0 Å². The van der Waals surface area contributed by atoms with Crippen LogP contribution in [0.5, 0.6) is 0 Å². The predicted octanol–water partition coefficient (Wildman–Crippen LogP) is 5.08. The van der Waals surface area contributed by atoms with E-state index in [4.69, 9.17) is 0 Å². The van der Waals surface area contributed by atoms with Crippen molar-refractivity contribution in [1.29, 1.82) is 0 Å². The third-order valence-electron chi connectivity index (χ3n) is 4.61. The van der Waals surface area contributed by atoms with Crippen LogP contribution in [0.3, 0.4) is 0 Å². The van der Waals surface area contributed by atoms with Gasteiger partial charge in [-0.15, -0.1) is 0 Å². The molecule has 0 spiro atoms. The van der Waals surface area contributed by atoms with Crippen LogP contribution in [0.25, 0.3) is 0 Å². The van der Waals surface area contributed by atoms with Gasteiger partial charge < -0.3 is 5.32 Å². The molecule has 0 aliphatic heterocycles. The fourth-order valence-corrected chi connectivity index (χ4v) is 3.51. The summed E-state index contributed by atoms with van der Waals surface area (Å²) in [7, 11) is 1.78. The summed E-state index contributed by atoms with van der Waals surface area (Å²) < 4.78 is 51.7. The highest BCUT2D eigenvalue weighted by Gasteiger charge is 2.38. The summed E-state index contributed by atoms with van der Waals surface area (Å²) in [6.07, 6.45) is 0.762. The van der Waals surface area contributed by atoms with Crippen molar-refractivity contribution in [3.63, 3.8) is 0 Å². The molecule has 1 aliphatic carbocycles. The first kappa shape index (κ1) is 16.3. The summed E-state index contributed by atoms with van der Waals surface area (Å²) in [5.74, 6) is -1.19. The number of hydrogen-bond acceptors (Lipinski definition) is 1. The average Bonchev–Trinajstić information content (AvgIpc) is 2.38. The van der Waals surface area contributed by atoms with E-state index in [9.17, 15) is 17.6 Å². The van der Waals surface area contributed by atoms with Gasteiger partial charge in [0.15, 0.2) is 0 Å². The van der Waals surface area contributed by atoms with Gasteiger partial charge in [0.05, 0.1) is 5.56 Å². The minimum Gasteiger partial charge on any atom is -0.313 e. The maximum Gasteiger partial charge on any atom is 0.419 e. The van der Waals surface area contributed by atoms with E-state index in [2.05, 4.69) is 12.2 Å². The molecule has 2 rings (SSSR count). The Bertz CT molecular complexity index is 490. The molecule has 1 aromatic rings. The molecule has 0 aromatic heterocycles. The Labute approximate surface area is 122 Å². The van der Waals surface area contributed by atoms with Gasteiger partial charge in [-0.2, -0.15) is 13.2 Å². The first-order valence-electron chi connectivity index (χ1n) is 7.32. The highest BCUT2D eigenvalue weighted by molar-refractivity contribution is 5.29. The lowest BCUT2D eigenvalue weighted by molar-refractivity contribution is -0.140. The molecule has 1 aromatic carbocycles. The molecule has 1 unspecified atom stereocenters. The van der Waals surface area contributed by atoms with E-state index in [0.29, 0.717) is 5.56 Å². The molecule has 1 atom stereocenters. The monoisotopic (exact) mass is 303 g/mol. The number of halogens is 4. The third kappa shape index (κ3) is 3.39. The summed E-state index contributed by atoms with van der Waals surface area (Å²) in [4.78, 5) is 0. The van der Waals surface area contributed by atoms with E-state index in [0.717, 1.165) is 37.8 Å². The van der Waals surface area contributed by atoms with Gasteiger partial charge in [0.2, 0.25) is 0 Å². The topological polar surface area (TPSA) is 12.0 Å². The third-order valence-corrected chi connectivity index (χ3v) is 4.61. The molecule has 0 heterocycles. The molecular weight excluding hydrogens is 282 g/mol. The zero-order valence-corrected chi connectivity index (χ0v) is 12.4. The Balaban J connectivity index is 2.33. The first-order valence-corrected chi connectivity index (χ1v) is 7.32. The molecule has 0 amide bonds. The van der Waals surface area contributed by atoms with Crippen LogP contribution in [0.15, 0.2) is 18.2 Å². The van der Waals surface area contributed by atoms with Crippen molar-refractivity contribution in [2.24, 2.45) is 5.41 Å². The molecule has 0 bridgehead atoms. The van der Waals surface area contributed by atoms with Crippen molar-refractivity contribution >= 4 is 0 Å². The normalized spacial score (nSPS) is 20.3. The molecule has 1 saturated carbocycles. The molecule has 1 nitrogen and oxygen atoms in total. The Hall–Kier alpha value is -1.10. The number of rotatable bonds is 3. The van der Waals surface area contributed by atoms with Gasteiger partial charge >= 0.3 is 6.18 Å². The molecule has 118 valence electrons. The van der Waals surface area contributed by atoms with E-state index in [1.165, 1.54) is 12.5 Å². The molecule has 1 aliphatic rings. The van der Waals surface area contributed by atoms with E-state index in [1.54, 1.807) is 7.05 Å². The minimum atomic E-state index is -4.65. The Morgan fingerprint density at radius 1 is 1.14 bits per heavy atom. The van der Waals surface area contributed by atoms with Gasteiger partial charge in [0.1, 0.15) is 5.82 Å². The van der Waals surface area contributed by atoms with Crippen LogP contribution in [0.4, 0.5) is 17.6 Å². The van der Waals surface area contributed by atoms with E-state index in [-0.39, 0.29) is 11.5 Å². The zero-order valence-electron chi connectivity index (χ0n) is 12.4. The lowest BCUT2D eigenvalue weighted by Gasteiger charge is -2.41. The molecule has 0 radical (unpaired) electrons. The standard InChI is InChI=1S/C16H21F4N/c1-15(8-4-3-5-9-15)14(21-2)11-6-7-12(13(17)10-11)16(18,19)20/h6-7,10,14,21H,3-5,8-9H2,1-2H3. The second kappa shape index (κ2) is 5.95. The smallest absolute Gasteiger partial charge is 0.313 e. The predicted molar refractivity (Wildman–Crippen MR) is 74.4 cm³/mol. The summed E-state index contributed by atoms with van der Waals surface area (Å²) in [5.41, 5.74) is -0.651. The van der Waals surface area contributed by atoms with Crippen molar-refractivity contribution < 1.29 is 17.6 Å². The van der Waals surface area contributed by atoms with Crippen molar-refractivity contribution in [3.05, 3.63) is 35.1 Å². The van der Waals surface area contributed by atoms with Crippen LogP contribution in [-0.4, -0.2) is 7.05 Å². The van der Waals surface area contributed by atoms with Crippen molar-refractivity contribution in [3.8, 4) is 0 Å². The van der Waals surface area contributed by atoms with Gasteiger partial charge in [0.25, 0.3) is 0 Å². The van der Waals surface area contributed by atoms with Crippen molar-refractivity contribution in [2.75, 3.05) is 7.05 Å². The zero-order chi connectivity index (χ0) is 15.7. The molecule has 1 N–H and O–H groups in total. The first-order chi connectivity index (χ1) is 9.78. The Kier molecular flexibility index (Phi) is 4.61. The van der Waals surface area contributed by atoms with Gasteiger partial charge in [-0.25, -0.2) is 4.39 Å². The van der Waals surface area contributed by atoms with Crippen LogP contribution < -0.4 is 5.32 Å². The Morgan fingerprint density at radius 2 is 1.76 bits per heavy atom. The largest absolute Gasteiger partial charge is 0.419 e. The second-order valence-corrected chi connectivity index (χ2v) is 6.17. The van der Waals surface area contributed by atoms with Crippen LogP contribution >= 0.6 is 0 Å². The molecule has 5 heteroatoms. The van der Waals surface area contributed by atoms with Gasteiger partial charge in [-0.05, 0) is 43.0 Å². The molecule has 1 fully saturated rings. The molecule has 21 heavy (non-hydrogen) atoms.